The van der Waals surface area contributed by atoms with E-state index in [-0.39, 0.29) is 5.78 Å². The molecule has 0 aromatic heterocycles. The summed E-state index contributed by atoms with van der Waals surface area (Å²) in [7, 11) is 3.00. The molecule has 0 radical (unpaired) electrons. The van der Waals surface area contributed by atoms with Crippen molar-refractivity contribution in [2.45, 2.75) is 24.6 Å². The standard InChI is InChI=1S/C34H29NO4/c1-33(39-3)20-19-28(36)34(21-18-23-12-6-4-7-13-23)30(33)29(32(37)38-2)35-27(24-14-8-5-9-15-24)22-25-16-10-11-17-26(25)31(34)35/h4-17,19-20,22,29-31H,1-3H3/t29-,30-,31+,33?,34+/m0/s1. The molecule has 0 amide bonds. The number of carbonyl (C=O) groups is 2. The van der Waals surface area contributed by atoms with Crippen LogP contribution in [-0.2, 0) is 19.1 Å². The van der Waals surface area contributed by atoms with E-state index >= 15 is 0 Å². The number of hydrogen-bond donors (Lipinski definition) is 0. The maximum Gasteiger partial charge on any atom is 0.329 e. The average Bonchev–Trinajstić information content (AvgIpc) is 3.32. The first kappa shape index (κ1) is 24.9. The van der Waals surface area contributed by atoms with E-state index in [1.165, 1.54) is 7.11 Å². The van der Waals surface area contributed by atoms with Gasteiger partial charge in [0.2, 0.25) is 0 Å². The maximum atomic E-state index is 14.3. The van der Waals surface area contributed by atoms with Crippen LogP contribution in [0.4, 0.5) is 0 Å². The van der Waals surface area contributed by atoms with Gasteiger partial charge in [-0.1, -0.05) is 84.6 Å². The van der Waals surface area contributed by atoms with Crippen molar-refractivity contribution in [3.8, 4) is 11.8 Å². The van der Waals surface area contributed by atoms with E-state index in [2.05, 4.69) is 22.8 Å². The lowest BCUT2D eigenvalue weighted by atomic mass is 9.58. The summed E-state index contributed by atoms with van der Waals surface area (Å²) in [6.45, 7) is 1.92. The van der Waals surface area contributed by atoms with E-state index in [1.54, 1.807) is 19.3 Å². The molecule has 6 rings (SSSR count). The molecule has 2 heterocycles. The van der Waals surface area contributed by atoms with Crippen molar-refractivity contribution in [1.29, 1.82) is 0 Å². The van der Waals surface area contributed by atoms with Crippen LogP contribution >= 0.6 is 0 Å². The summed E-state index contributed by atoms with van der Waals surface area (Å²) in [6.07, 6.45) is 5.45. The van der Waals surface area contributed by atoms with Crippen molar-refractivity contribution in [2.75, 3.05) is 14.2 Å². The van der Waals surface area contributed by atoms with Gasteiger partial charge < -0.3 is 14.4 Å². The Morgan fingerprint density at radius 2 is 1.59 bits per heavy atom. The molecule has 3 aromatic carbocycles. The van der Waals surface area contributed by atoms with Gasteiger partial charge in [-0.3, -0.25) is 4.79 Å². The first-order chi connectivity index (χ1) is 18.9. The van der Waals surface area contributed by atoms with Crippen LogP contribution in [0.2, 0.25) is 0 Å². The monoisotopic (exact) mass is 515 g/mol. The van der Waals surface area contributed by atoms with E-state index in [4.69, 9.17) is 9.47 Å². The number of hydrogen-bond acceptors (Lipinski definition) is 5. The summed E-state index contributed by atoms with van der Waals surface area (Å²) < 4.78 is 11.6. The topological polar surface area (TPSA) is 55.8 Å². The van der Waals surface area contributed by atoms with E-state index in [1.807, 2.05) is 91.9 Å². The van der Waals surface area contributed by atoms with Gasteiger partial charge in [0.1, 0.15) is 11.5 Å². The summed E-state index contributed by atoms with van der Waals surface area (Å²) in [6, 6.07) is 26.2. The molecule has 1 unspecified atom stereocenters. The van der Waals surface area contributed by atoms with Gasteiger partial charge in [-0.2, -0.15) is 0 Å². The van der Waals surface area contributed by atoms with Crippen molar-refractivity contribution in [3.63, 3.8) is 0 Å². The van der Waals surface area contributed by atoms with Gasteiger partial charge in [0.05, 0.1) is 18.8 Å². The van der Waals surface area contributed by atoms with Gasteiger partial charge in [0.15, 0.2) is 5.78 Å². The van der Waals surface area contributed by atoms with Gasteiger partial charge in [0.25, 0.3) is 0 Å². The summed E-state index contributed by atoms with van der Waals surface area (Å²) in [5.74, 6) is 5.55. The third-order valence-electron chi connectivity index (χ3n) is 8.41. The number of esters is 1. The number of rotatable bonds is 3. The fourth-order valence-corrected chi connectivity index (χ4v) is 6.60. The van der Waals surface area contributed by atoms with Crippen LogP contribution in [0.25, 0.3) is 11.8 Å². The van der Waals surface area contributed by atoms with Crippen LogP contribution in [0.1, 0.15) is 35.2 Å². The lowest BCUT2D eigenvalue weighted by Gasteiger charge is -2.45. The predicted molar refractivity (Wildman–Crippen MR) is 150 cm³/mol. The number of carbonyl (C=O) groups excluding carboxylic acids is 2. The zero-order valence-electron chi connectivity index (χ0n) is 22.1. The average molecular weight is 516 g/mol. The van der Waals surface area contributed by atoms with Crippen LogP contribution in [-0.4, -0.2) is 42.5 Å². The zero-order valence-corrected chi connectivity index (χ0v) is 22.1. The number of ether oxygens (including phenoxy) is 2. The number of allylic oxidation sites excluding steroid dienone is 1. The van der Waals surface area contributed by atoms with Crippen LogP contribution in [0.5, 0.6) is 0 Å². The molecule has 5 atom stereocenters. The highest BCUT2D eigenvalue weighted by atomic mass is 16.5. The molecule has 5 nitrogen and oxygen atoms in total. The third-order valence-corrected chi connectivity index (χ3v) is 8.41. The quantitative estimate of drug-likeness (QED) is 0.350. The van der Waals surface area contributed by atoms with Crippen LogP contribution in [0, 0.1) is 23.2 Å². The minimum Gasteiger partial charge on any atom is -0.467 e. The Morgan fingerprint density at radius 3 is 2.28 bits per heavy atom. The van der Waals surface area contributed by atoms with Crippen LogP contribution in [0.15, 0.2) is 97.1 Å². The van der Waals surface area contributed by atoms with Crippen LogP contribution in [0.3, 0.4) is 0 Å². The van der Waals surface area contributed by atoms with E-state index in [0.29, 0.717) is 0 Å². The molecule has 0 bridgehead atoms. The van der Waals surface area contributed by atoms with Crippen molar-refractivity contribution >= 4 is 23.5 Å². The number of fused-ring (bicyclic) bond motifs is 5. The molecule has 0 spiro atoms. The highest BCUT2D eigenvalue weighted by molar-refractivity contribution is 6.03. The Balaban J connectivity index is 1.72. The minimum atomic E-state index is -1.29. The molecule has 1 aliphatic carbocycles. The first-order valence-corrected chi connectivity index (χ1v) is 13.0. The summed E-state index contributed by atoms with van der Waals surface area (Å²) in [5.41, 5.74) is 2.25. The minimum absolute atomic E-state index is 0.143. The number of methoxy groups -OCH3 is 2. The van der Waals surface area contributed by atoms with E-state index in [0.717, 1.165) is 28.0 Å². The Hall–Kier alpha value is -4.40. The lowest BCUT2D eigenvalue weighted by molar-refractivity contribution is -0.151. The van der Waals surface area contributed by atoms with Gasteiger partial charge >= 0.3 is 5.97 Å². The fourth-order valence-electron chi connectivity index (χ4n) is 6.60. The van der Waals surface area contributed by atoms with E-state index < -0.39 is 35.0 Å². The summed E-state index contributed by atoms with van der Waals surface area (Å²) in [5, 5.41) is 0. The Bertz CT molecular complexity index is 1560. The fraction of sp³-hybridized carbons (Fsp3) is 0.235. The van der Waals surface area contributed by atoms with Crippen molar-refractivity contribution in [3.05, 3.63) is 119 Å². The molecule has 3 aliphatic rings. The number of ketones is 1. The van der Waals surface area contributed by atoms with Crippen molar-refractivity contribution in [1.82, 2.24) is 4.90 Å². The van der Waals surface area contributed by atoms with Gasteiger partial charge in [0, 0.05) is 24.3 Å². The number of nitrogens with zero attached hydrogens (tertiary/aromatic N) is 1. The first-order valence-electron chi connectivity index (χ1n) is 13.0. The Labute approximate surface area is 228 Å². The van der Waals surface area contributed by atoms with Crippen molar-refractivity contribution < 1.29 is 19.1 Å². The summed E-state index contributed by atoms with van der Waals surface area (Å²) >= 11 is 0. The molecule has 0 N–H and O–H groups in total. The predicted octanol–water partition coefficient (Wildman–Crippen LogP) is 5.29. The van der Waals surface area contributed by atoms with Crippen molar-refractivity contribution in [2.24, 2.45) is 11.3 Å². The molecule has 5 heteroatoms. The van der Waals surface area contributed by atoms with Gasteiger partial charge in [-0.15, -0.1) is 0 Å². The van der Waals surface area contributed by atoms with Gasteiger partial charge in [-0.05, 0) is 54.0 Å². The second-order valence-electron chi connectivity index (χ2n) is 10.4. The molecular weight excluding hydrogens is 486 g/mol. The summed E-state index contributed by atoms with van der Waals surface area (Å²) in [4.78, 5) is 30.2. The molecule has 194 valence electrons. The third kappa shape index (κ3) is 3.67. The Kier molecular flexibility index (Phi) is 6.01. The molecular formula is C34H29NO4. The largest absolute Gasteiger partial charge is 0.467 e. The molecule has 2 aliphatic heterocycles. The maximum absolute atomic E-state index is 14.3. The van der Waals surface area contributed by atoms with Crippen LogP contribution < -0.4 is 0 Å². The highest BCUT2D eigenvalue weighted by Crippen LogP contribution is 2.64. The molecule has 3 aromatic rings. The smallest absolute Gasteiger partial charge is 0.329 e. The van der Waals surface area contributed by atoms with E-state index in [9.17, 15) is 9.59 Å². The number of benzene rings is 3. The molecule has 39 heavy (non-hydrogen) atoms. The normalized spacial score (nSPS) is 28.4. The molecule has 1 saturated heterocycles. The lowest BCUT2D eigenvalue weighted by Crippen LogP contribution is -2.55. The Morgan fingerprint density at radius 1 is 0.923 bits per heavy atom. The second kappa shape index (κ2) is 9.41. The SMILES string of the molecule is COC(=O)[C@@H]1[C@H]2C(C)(OC)C=CC(=O)[C@@]2(C#Cc2ccccc2)[C@H]2c3ccccc3C=C(c3ccccc3)N12. The molecule has 0 saturated carbocycles. The molecule has 1 fully saturated rings. The second-order valence-corrected chi connectivity index (χ2v) is 10.4. The van der Waals surface area contributed by atoms with Gasteiger partial charge in [-0.25, -0.2) is 4.79 Å². The zero-order chi connectivity index (χ0) is 27.2. The highest BCUT2D eigenvalue weighted by Gasteiger charge is 2.71.